The zero-order valence-electron chi connectivity index (χ0n) is 7.67. The van der Waals surface area contributed by atoms with E-state index in [9.17, 15) is 5.11 Å². The molecule has 0 aliphatic rings. The number of nitriles is 1. The van der Waals surface area contributed by atoms with Crippen molar-refractivity contribution in [2.75, 3.05) is 7.11 Å². The van der Waals surface area contributed by atoms with Gasteiger partial charge in [0.25, 0.3) is 0 Å². The van der Waals surface area contributed by atoms with Gasteiger partial charge in [-0.05, 0) is 12.1 Å². The number of nitrogens with zero attached hydrogens (tertiary/aromatic N) is 1. The lowest BCUT2D eigenvalue weighted by Crippen LogP contribution is -2.14. The summed E-state index contributed by atoms with van der Waals surface area (Å²) >= 11 is 0. The Morgan fingerprint density at radius 3 is 2.86 bits per heavy atom. The highest BCUT2D eigenvalue weighted by Crippen LogP contribution is 2.19. The summed E-state index contributed by atoms with van der Waals surface area (Å²) in [6.45, 7) is 0.287. The van der Waals surface area contributed by atoms with Gasteiger partial charge in [-0.15, -0.1) is 0 Å². The molecule has 2 unspecified atom stereocenters. The van der Waals surface area contributed by atoms with Crippen molar-refractivity contribution in [2.45, 2.75) is 18.8 Å². The maximum absolute atomic E-state index is 9.36. The van der Waals surface area contributed by atoms with Gasteiger partial charge >= 0.3 is 0 Å². The van der Waals surface area contributed by atoms with E-state index in [0.717, 1.165) is 0 Å². The molecule has 0 aliphatic heterocycles. The molecule has 0 saturated carbocycles. The monoisotopic (exact) mass is 197 g/mol. The van der Waals surface area contributed by atoms with Crippen molar-refractivity contribution in [1.29, 1.82) is 5.26 Å². The summed E-state index contributed by atoms with van der Waals surface area (Å²) in [4.78, 5) is 0. The van der Waals surface area contributed by atoms with Crippen molar-refractivity contribution in [1.82, 2.24) is 0 Å². The first-order chi connectivity index (χ1) is 6.69. The quantitative estimate of drug-likeness (QED) is 0.680. The third kappa shape index (κ3) is 2.33. The van der Waals surface area contributed by atoms with E-state index in [1.54, 1.807) is 6.07 Å². The van der Waals surface area contributed by atoms with Gasteiger partial charge in [0, 0.05) is 7.11 Å². The van der Waals surface area contributed by atoms with Crippen LogP contribution in [0.2, 0.25) is 0 Å². The third-order valence-corrected chi connectivity index (χ3v) is 1.69. The smallest absolute Gasteiger partial charge is 0.173 e. The standard InChI is InChI=1S/C9H11NO4/c1-13-5-6-2-3-8(14-6)9(12)7(11)4-10/h2-3,7,9,11-12H,5H2,1H3. The number of methoxy groups -OCH3 is 1. The molecule has 2 atom stereocenters. The molecule has 1 heterocycles. The highest BCUT2D eigenvalue weighted by molar-refractivity contribution is 5.12. The van der Waals surface area contributed by atoms with Crippen LogP contribution in [-0.4, -0.2) is 23.4 Å². The molecule has 0 fully saturated rings. The molecule has 5 nitrogen and oxygen atoms in total. The van der Waals surface area contributed by atoms with Crippen molar-refractivity contribution >= 4 is 0 Å². The van der Waals surface area contributed by atoms with Crippen LogP contribution in [0.4, 0.5) is 0 Å². The summed E-state index contributed by atoms with van der Waals surface area (Å²) in [5.41, 5.74) is 0. The van der Waals surface area contributed by atoms with Crippen LogP contribution >= 0.6 is 0 Å². The lowest BCUT2D eigenvalue weighted by molar-refractivity contribution is 0.0352. The fourth-order valence-electron chi connectivity index (χ4n) is 0.999. The van der Waals surface area contributed by atoms with Crippen molar-refractivity contribution in [3.63, 3.8) is 0 Å². The van der Waals surface area contributed by atoms with E-state index in [2.05, 4.69) is 0 Å². The Morgan fingerprint density at radius 1 is 1.57 bits per heavy atom. The first-order valence-electron chi connectivity index (χ1n) is 4.02. The minimum absolute atomic E-state index is 0.158. The fourth-order valence-corrected chi connectivity index (χ4v) is 0.999. The van der Waals surface area contributed by atoms with Crippen molar-refractivity contribution in [3.05, 3.63) is 23.7 Å². The predicted molar refractivity (Wildman–Crippen MR) is 46.0 cm³/mol. The molecule has 0 aromatic carbocycles. The molecule has 1 aromatic heterocycles. The fraction of sp³-hybridized carbons (Fsp3) is 0.444. The van der Waals surface area contributed by atoms with E-state index in [1.165, 1.54) is 19.2 Å². The van der Waals surface area contributed by atoms with Crippen LogP contribution in [0.25, 0.3) is 0 Å². The summed E-state index contributed by atoms with van der Waals surface area (Å²) < 4.78 is 9.93. The van der Waals surface area contributed by atoms with Gasteiger partial charge in [0.15, 0.2) is 12.2 Å². The van der Waals surface area contributed by atoms with E-state index in [-0.39, 0.29) is 12.4 Å². The average molecular weight is 197 g/mol. The second kappa shape index (κ2) is 4.77. The number of aliphatic hydroxyl groups is 2. The van der Waals surface area contributed by atoms with Crippen LogP contribution in [0.1, 0.15) is 17.6 Å². The first-order valence-corrected chi connectivity index (χ1v) is 4.02. The molecule has 0 amide bonds. The SMILES string of the molecule is COCc1ccc(C(O)C(O)C#N)o1. The van der Waals surface area contributed by atoms with Gasteiger partial charge in [0.05, 0.1) is 6.07 Å². The molecular formula is C9H11NO4. The Hall–Kier alpha value is -1.35. The van der Waals surface area contributed by atoms with E-state index in [4.69, 9.17) is 19.5 Å². The van der Waals surface area contributed by atoms with Gasteiger partial charge in [0.1, 0.15) is 18.1 Å². The molecule has 0 spiro atoms. The lowest BCUT2D eigenvalue weighted by Gasteiger charge is -2.07. The van der Waals surface area contributed by atoms with Gasteiger partial charge in [-0.3, -0.25) is 0 Å². The Balaban J connectivity index is 2.72. The van der Waals surface area contributed by atoms with Crippen LogP contribution in [0.3, 0.4) is 0 Å². The van der Waals surface area contributed by atoms with Gasteiger partial charge in [0.2, 0.25) is 0 Å². The summed E-state index contributed by atoms with van der Waals surface area (Å²) in [5.74, 6) is 0.692. The van der Waals surface area contributed by atoms with Crippen molar-refractivity contribution < 1.29 is 19.4 Å². The number of furan rings is 1. The van der Waals surface area contributed by atoms with E-state index >= 15 is 0 Å². The van der Waals surface area contributed by atoms with Gasteiger partial charge < -0.3 is 19.4 Å². The molecule has 0 aliphatic carbocycles. The minimum atomic E-state index is -1.48. The normalized spacial score (nSPS) is 14.7. The molecular weight excluding hydrogens is 186 g/mol. The van der Waals surface area contributed by atoms with Gasteiger partial charge in [-0.1, -0.05) is 0 Å². The van der Waals surface area contributed by atoms with Crippen LogP contribution in [0.5, 0.6) is 0 Å². The average Bonchev–Trinajstić information content (AvgIpc) is 2.64. The number of aliphatic hydroxyl groups excluding tert-OH is 2. The summed E-state index contributed by atoms with van der Waals surface area (Å²) in [6, 6.07) is 4.64. The van der Waals surface area contributed by atoms with Crippen molar-refractivity contribution in [3.8, 4) is 6.07 Å². The van der Waals surface area contributed by atoms with E-state index in [0.29, 0.717) is 5.76 Å². The maximum atomic E-state index is 9.36. The Kier molecular flexibility index (Phi) is 3.65. The predicted octanol–water partition coefficient (Wildman–Crippen LogP) is 0.344. The highest BCUT2D eigenvalue weighted by atomic mass is 16.5. The summed E-state index contributed by atoms with van der Waals surface area (Å²) in [7, 11) is 1.52. The molecule has 2 N–H and O–H groups in total. The second-order valence-corrected chi connectivity index (χ2v) is 2.76. The molecule has 5 heteroatoms. The molecule has 1 rings (SSSR count). The van der Waals surface area contributed by atoms with Crippen LogP contribution in [0.15, 0.2) is 16.5 Å². The zero-order chi connectivity index (χ0) is 10.6. The molecule has 14 heavy (non-hydrogen) atoms. The van der Waals surface area contributed by atoms with Crippen molar-refractivity contribution in [2.24, 2.45) is 0 Å². The number of ether oxygens (including phenoxy) is 1. The Labute approximate surface area is 81.1 Å². The summed E-state index contributed by atoms with van der Waals surface area (Å²) in [5, 5.41) is 26.7. The number of hydrogen-bond donors (Lipinski definition) is 2. The zero-order valence-corrected chi connectivity index (χ0v) is 7.67. The highest BCUT2D eigenvalue weighted by Gasteiger charge is 2.20. The maximum Gasteiger partial charge on any atom is 0.173 e. The lowest BCUT2D eigenvalue weighted by atomic mass is 10.2. The van der Waals surface area contributed by atoms with Crippen LogP contribution < -0.4 is 0 Å². The summed E-state index contributed by atoms with van der Waals surface area (Å²) in [6.07, 6.45) is -2.79. The molecule has 1 aromatic rings. The minimum Gasteiger partial charge on any atom is -0.461 e. The van der Waals surface area contributed by atoms with E-state index in [1.807, 2.05) is 0 Å². The number of rotatable bonds is 4. The first kappa shape index (κ1) is 10.7. The Bertz CT molecular complexity index is 328. The molecule has 76 valence electrons. The third-order valence-electron chi connectivity index (χ3n) is 1.69. The largest absolute Gasteiger partial charge is 0.461 e. The van der Waals surface area contributed by atoms with Crippen LogP contribution in [-0.2, 0) is 11.3 Å². The topological polar surface area (TPSA) is 86.6 Å². The van der Waals surface area contributed by atoms with E-state index < -0.39 is 12.2 Å². The van der Waals surface area contributed by atoms with Gasteiger partial charge in [-0.2, -0.15) is 5.26 Å². The second-order valence-electron chi connectivity index (χ2n) is 2.76. The van der Waals surface area contributed by atoms with Crippen LogP contribution in [0, 0.1) is 11.3 Å². The Morgan fingerprint density at radius 2 is 2.29 bits per heavy atom. The molecule has 0 radical (unpaired) electrons. The molecule has 0 saturated heterocycles. The molecule has 0 bridgehead atoms. The van der Waals surface area contributed by atoms with Gasteiger partial charge in [-0.25, -0.2) is 0 Å². The number of hydrogen-bond acceptors (Lipinski definition) is 5.